The van der Waals surface area contributed by atoms with Crippen LogP contribution >= 0.6 is 12.4 Å². The van der Waals surface area contributed by atoms with Crippen molar-refractivity contribution in [1.82, 2.24) is 4.90 Å². The molecule has 5 atom stereocenters. The van der Waals surface area contributed by atoms with Gasteiger partial charge in [0.15, 0.2) is 23.4 Å². The fourth-order valence-corrected chi connectivity index (χ4v) is 6.60. The second-order valence-corrected chi connectivity index (χ2v) is 8.34. The highest BCUT2D eigenvalue weighted by molar-refractivity contribution is 5.89. The van der Waals surface area contributed by atoms with E-state index in [2.05, 4.69) is 24.5 Å². The number of methoxy groups -OCH3 is 1. The Balaban J connectivity index is 0.00000180. The zero-order valence-corrected chi connectivity index (χ0v) is 16.9. The Morgan fingerprint density at radius 3 is 2.93 bits per heavy atom. The number of hydrogen-bond acceptors (Lipinski definition) is 4. The average molecular weight is 390 g/mol. The van der Waals surface area contributed by atoms with Gasteiger partial charge in [-0.25, -0.2) is 0 Å². The summed E-state index contributed by atoms with van der Waals surface area (Å²) >= 11 is 0. The number of ketones is 1. The van der Waals surface area contributed by atoms with E-state index in [0.717, 1.165) is 43.9 Å². The van der Waals surface area contributed by atoms with Gasteiger partial charge in [-0.05, 0) is 42.9 Å². The van der Waals surface area contributed by atoms with Crippen LogP contribution in [0.1, 0.15) is 37.3 Å². The molecule has 4 aliphatic rings. The molecule has 2 fully saturated rings. The van der Waals surface area contributed by atoms with Crippen molar-refractivity contribution in [2.75, 3.05) is 20.2 Å². The molecule has 0 N–H and O–H groups in total. The monoisotopic (exact) mass is 389 g/mol. The Hall–Kier alpha value is -1.52. The lowest BCUT2D eigenvalue weighted by molar-refractivity contribution is -0.144. The second-order valence-electron chi connectivity index (χ2n) is 8.34. The van der Waals surface area contributed by atoms with Gasteiger partial charge in [-0.3, -0.25) is 9.69 Å². The summed E-state index contributed by atoms with van der Waals surface area (Å²) in [6.07, 6.45) is 5.42. The Bertz CT molecular complexity index is 794. The maximum Gasteiger partial charge on any atom is 0.174 e. The highest BCUT2D eigenvalue weighted by Crippen LogP contribution is 2.64. The molecule has 1 saturated carbocycles. The summed E-state index contributed by atoms with van der Waals surface area (Å²) in [7, 11) is 1.69. The number of ether oxygens (including phenoxy) is 2. The summed E-state index contributed by atoms with van der Waals surface area (Å²) in [6, 6.07) is 4.68. The molecule has 2 bridgehead atoms. The van der Waals surface area contributed by atoms with Crippen LogP contribution in [0.3, 0.4) is 0 Å². The number of rotatable bonds is 4. The SMILES string of the molecule is C=CCN1CC[C@]23c4c5ccc(OC)c4OC2C(=O)CC(CC)[C@H]3[C@H]1C5.Cl. The van der Waals surface area contributed by atoms with E-state index in [9.17, 15) is 4.79 Å². The third kappa shape index (κ3) is 2.23. The molecule has 1 aromatic rings. The summed E-state index contributed by atoms with van der Waals surface area (Å²) in [5.41, 5.74) is 2.49. The van der Waals surface area contributed by atoms with Crippen molar-refractivity contribution in [3.8, 4) is 11.5 Å². The molecule has 2 aliphatic heterocycles. The van der Waals surface area contributed by atoms with Crippen molar-refractivity contribution in [3.05, 3.63) is 35.9 Å². The van der Waals surface area contributed by atoms with E-state index in [1.54, 1.807) is 7.11 Å². The minimum atomic E-state index is -0.325. The zero-order valence-electron chi connectivity index (χ0n) is 16.1. The lowest BCUT2D eigenvalue weighted by Crippen LogP contribution is -2.68. The Morgan fingerprint density at radius 1 is 1.41 bits per heavy atom. The lowest BCUT2D eigenvalue weighted by atomic mass is 9.48. The van der Waals surface area contributed by atoms with Crippen molar-refractivity contribution in [3.63, 3.8) is 0 Å². The number of hydrogen-bond donors (Lipinski definition) is 0. The van der Waals surface area contributed by atoms with Gasteiger partial charge >= 0.3 is 0 Å². The highest BCUT2D eigenvalue weighted by atomic mass is 35.5. The summed E-state index contributed by atoms with van der Waals surface area (Å²) in [5, 5.41) is 0. The van der Waals surface area contributed by atoms with Gasteiger partial charge in [0.25, 0.3) is 0 Å². The van der Waals surface area contributed by atoms with E-state index in [1.807, 2.05) is 12.1 Å². The Morgan fingerprint density at radius 2 is 2.22 bits per heavy atom. The summed E-state index contributed by atoms with van der Waals surface area (Å²) in [4.78, 5) is 15.7. The predicted molar refractivity (Wildman–Crippen MR) is 107 cm³/mol. The number of nitrogens with zero attached hydrogens (tertiary/aromatic N) is 1. The normalized spacial score (nSPS) is 35.7. The molecular weight excluding hydrogens is 362 g/mol. The van der Waals surface area contributed by atoms with Crippen LogP contribution in [0, 0.1) is 11.8 Å². The van der Waals surface area contributed by atoms with Gasteiger partial charge in [-0.15, -0.1) is 19.0 Å². The van der Waals surface area contributed by atoms with Crippen LogP contribution in [0.15, 0.2) is 24.8 Å². The molecule has 1 aromatic carbocycles. The molecule has 5 heteroatoms. The van der Waals surface area contributed by atoms with E-state index in [0.29, 0.717) is 24.3 Å². The number of halogens is 1. The van der Waals surface area contributed by atoms with Crippen molar-refractivity contribution in [1.29, 1.82) is 0 Å². The predicted octanol–water partition coefficient (Wildman–Crippen LogP) is 3.55. The molecule has 2 aliphatic carbocycles. The largest absolute Gasteiger partial charge is 0.493 e. The molecule has 1 spiro atoms. The fourth-order valence-electron chi connectivity index (χ4n) is 6.60. The molecule has 2 unspecified atom stereocenters. The fraction of sp³-hybridized carbons (Fsp3) is 0.591. The van der Waals surface area contributed by atoms with Crippen LogP contribution in [0.4, 0.5) is 0 Å². The maximum atomic E-state index is 13.1. The zero-order chi connectivity index (χ0) is 18.1. The highest BCUT2D eigenvalue weighted by Gasteiger charge is 2.67. The van der Waals surface area contributed by atoms with Crippen LogP contribution in [-0.2, 0) is 16.6 Å². The first-order chi connectivity index (χ1) is 12.7. The standard InChI is InChI=1S/C22H27NO3.ClH/c1-4-9-23-10-8-22-18-13(5-2)12-16(24)21(22)26-20-17(25-3)7-6-14(19(20)22)11-15(18)23;/h4,6-7,13,15,18,21H,1,5,8-12H2,2-3H3;1H/t13?,15-,18+,21?,22+;/m1./s1. The summed E-state index contributed by atoms with van der Waals surface area (Å²) in [5.74, 6) is 2.82. The molecule has 4 nitrogen and oxygen atoms in total. The van der Waals surface area contributed by atoms with Crippen LogP contribution in [0.25, 0.3) is 0 Å². The van der Waals surface area contributed by atoms with Gasteiger partial charge < -0.3 is 9.47 Å². The number of benzene rings is 1. The van der Waals surface area contributed by atoms with Crippen molar-refractivity contribution in [2.24, 2.45) is 11.8 Å². The number of carbonyl (C=O) groups excluding carboxylic acids is 1. The van der Waals surface area contributed by atoms with Crippen molar-refractivity contribution in [2.45, 2.75) is 50.2 Å². The Kier molecular flexibility index (Phi) is 4.55. The quantitative estimate of drug-likeness (QED) is 0.738. The third-order valence-corrected chi connectivity index (χ3v) is 7.47. The summed E-state index contributed by atoms with van der Waals surface area (Å²) in [6.45, 7) is 8.13. The first-order valence-electron chi connectivity index (χ1n) is 9.90. The number of carbonyl (C=O) groups is 1. The van der Waals surface area contributed by atoms with Crippen LogP contribution in [0.5, 0.6) is 11.5 Å². The van der Waals surface area contributed by atoms with E-state index in [-0.39, 0.29) is 29.7 Å². The maximum absolute atomic E-state index is 13.1. The van der Waals surface area contributed by atoms with Gasteiger partial charge in [0, 0.05) is 30.0 Å². The first-order valence-corrected chi connectivity index (χ1v) is 9.90. The number of Topliss-reactive ketones (excluding diaryl/α,β-unsaturated/α-hetero) is 1. The Labute approximate surface area is 167 Å². The molecular formula is C22H28ClNO3. The molecule has 27 heavy (non-hydrogen) atoms. The molecule has 0 radical (unpaired) electrons. The van der Waals surface area contributed by atoms with Gasteiger partial charge in [0.05, 0.1) is 7.11 Å². The second kappa shape index (κ2) is 6.52. The molecule has 0 amide bonds. The molecule has 2 heterocycles. The van der Waals surface area contributed by atoms with Gasteiger partial charge in [0.2, 0.25) is 0 Å². The molecule has 0 aromatic heterocycles. The first kappa shape index (κ1) is 18.8. The molecule has 146 valence electrons. The lowest BCUT2D eigenvalue weighted by Gasteiger charge is -2.60. The minimum absolute atomic E-state index is 0. The van der Waals surface area contributed by atoms with Gasteiger partial charge in [-0.2, -0.15) is 0 Å². The van der Waals surface area contributed by atoms with Gasteiger partial charge in [0.1, 0.15) is 0 Å². The minimum Gasteiger partial charge on any atom is -0.493 e. The van der Waals surface area contributed by atoms with Gasteiger partial charge in [-0.1, -0.05) is 25.5 Å². The topological polar surface area (TPSA) is 38.8 Å². The van der Waals surface area contributed by atoms with E-state index in [1.165, 1.54) is 11.1 Å². The van der Waals surface area contributed by atoms with Crippen molar-refractivity contribution < 1.29 is 14.3 Å². The van der Waals surface area contributed by atoms with Crippen LogP contribution in [0.2, 0.25) is 0 Å². The summed E-state index contributed by atoms with van der Waals surface area (Å²) < 4.78 is 12.0. The third-order valence-electron chi connectivity index (χ3n) is 7.47. The molecule has 1 saturated heterocycles. The van der Waals surface area contributed by atoms with E-state index < -0.39 is 0 Å². The number of piperidine rings is 1. The number of likely N-dealkylation sites (tertiary alicyclic amines) is 1. The van der Waals surface area contributed by atoms with Crippen LogP contribution in [-0.4, -0.2) is 43.0 Å². The van der Waals surface area contributed by atoms with E-state index >= 15 is 0 Å². The molecule has 5 rings (SSSR count). The smallest absolute Gasteiger partial charge is 0.174 e. The average Bonchev–Trinajstić information content (AvgIpc) is 3.00. The van der Waals surface area contributed by atoms with Crippen LogP contribution < -0.4 is 9.47 Å². The van der Waals surface area contributed by atoms with Crippen molar-refractivity contribution >= 4 is 18.2 Å². The van der Waals surface area contributed by atoms with E-state index in [4.69, 9.17) is 9.47 Å².